The van der Waals surface area contributed by atoms with Crippen LogP contribution in [-0.4, -0.2) is 10.8 Å². The lowest BCUT2D eigenvalue weighted by molar-refractivity contribution is 0.0714. The van der Waals surface area contributed by atoms with E-state index >= 15 is 0 Å². The molecule has 5 rings (SSSR count). The van der Waals surface area contributed by atoms with E-state index in [2.05, 4.69) is 0 Å². The van der Waals surface area contributed by atoms with Crippen molar-refractivity contribution in [1.29, 1.82) is 0 Å². The van der Waals surface area contributed by atoms with Crippen LogP contribution < -0.4 is 5.43 Å². The van der Waals surface area contributed by atoms with Gasteiger partial charge in [0.2, 0.25) is 5.76 Å². The largest absolute Gasteiger partial charge is 0.450 e. The third-order valence-electron chi connectivity index (χ3n) is 5.84. The van der Waals surface area contributed by atoms with E-state index in [0.29, 0.717) is 28.1 Å². The molecule has 4 aromatic rings. The fraction of sp³-hybridized carbons (Fsp3) is 0.154. The third kappa shape index (κ3) is 3.24. The van der Waals surface area contributed by atoms with Gasteiger partial charge in [0.25, 0.3) is 5.91 Å². The fourth-order valence-corrected chi connectivity index (χ4v) is 4.34. The number of halogens is 1. The molecule has 1 atom stereocenters. The maximum absolute atomic E-state index is 13.6. The lowest BCUT2D eigenvalue weighted by atomic mass is 9.98. The smallest absolute Gasteiger partial charge is 0.291 e. The average molecular weight is 430 g/mol. The molecule has 4 nitrogen and oxygen atoms in total. The van der Waals surface area contributed by atoms with Gasteiger partial charge >= 0.3 is 0 Å². The predicted molar refractivity (Wildman–Crippen MR) is 122 cm³/mol. The first kappa shape index (κ1) is 19.6. The normalized spacial score (nSPS) is 15.5. The second-order valence-electron chi connectivity index (χ2n) is 8.00. The Morgan fingerprint density at radius 2 is 1.68 bits per heavy atom. The molecule has 0 spiro atoms. The van der Waals surface area contributed by atoms with E-state index in [1.165, 1.54) is 0 Å². The zero-order chi connectivity index (χ0) is 21.7. The van der Waals surface area contributed by atoms with Gasteiger partial charge in [0, 0.05) is 11.6 Å². The predicted octanol–water partition coefficient (Wildman–Crippen LogP) is 5.81. The van der Waals surface area contributed by atoms with Crippen LogP contribution in [0.3, 0.4) is 0 Å². The molecule has 0 aliphatic carbocycles. The molecule has 31 heavy (non-hydrogen) atoms. The van der Waals surface area contributed by atoms with Gasteiger partial charge < -0.3 is 9.32 Å². The maximum atomic E-state index is 13.6. The Morgan fingerprint density at radius 3 is 2.39 bits per heavy atom. The van der Waals surface area contributed by atoms with Gasteiger partial charge in [-0.15, -0.1) is 0 Å². The minimum absolute atomic E-state index is 0.111. The van der Waals surface area contributed by atoms with Crippen molar-refractivity contribution in [3.05, 3.63) is 116 Å². The number of aryl methyl sites for hydroxylation is 2. The second kappa shape index (κ2) is 7.40. The van der Waals surface area contributed by atoms with Crippen LogP contribution in [0.25, 0.3) is 11.0 Å². The standard InChI is InChI=1S/C26H20ClNO3/c1-15-8-10-17(11-9-15)14-28-23(18-6-4-3-5-7-18)22-24(29)19-13-20(27)16(2)12-21(19)31-25(22)26(28)30/h3-13,23H,14H2,1-2H3. The SMILES string of the molecule is Cc1ccc(CN2C(=O)c3oc4cc(C)c(Cl)cc4c(=O)c3C2c2ccccc2)cc1. The van der Waals surface area contributed by atoms with E-state index in [4.69, 9.17) is 16.0 Å². The Kier molecular flexibility index (Phi) is 4.67. The van der Waals surface area contributed by atoms with Crippen molar-refractivity contribution in [2.24, 2.45) is 0 Å². The van der Waals surface area contributed by atoms with Crippen LogP contribution in [0, 0.1) is 13.8 Å². The van der Waals surface area contributed by atoms with E-state index in [-0.39, 0.29) is 17.1 Å². The highest BCUT2D eigenvalue weighted by Crippen LogP contribution is 2.39. The van der Waals surface area contributed by atoms with Crippen molar-refractivity contribution < 1.29 is 9.21 Å². The third-order valence-corrected chi connectivity index (χ3v) is 6.24. The number of hydrogen-bond donors (Lipinski definition) is 0. The average Bonchev–Trinajstić information content (AvgIpc) is 3.04. The summed E-state index contributed by atoms with van der Waals surface area (Å²) in [7, 11) is 0. The van der Waals surface area contributed by atoms with Gasteiger partial charge in [-0.2, -0.15) is 0 Å². The summed E-state index contributed by atoms with van der Waals surface area (Å²) in [5, 5.41) is 0.886. The summed E-state index contributed by atoms with van der Waals surface area (Å²) in [4.78, 5) is 28.7. The quantitative estimate of drug-likeness (QED) is 0.413. The van der Waals surface area contributed by atoms with Gasteiger partial charge in [-0.3, -0.25) is 9.59 Å². The van der Waals surface area contributed by atoms with Crippen LogP contribution in [0.2, 0.25) is 5.02 Å². The molecule has 0 fully saturated rings. The molecule has 0 N–H and O–H groups in total. The minimum Gasteiger partial charge on any atom is -0.450 e. The van der Waals surface area contributed by atoms with E-state index in [0.717, 1.165) is 22.3 Å². The van der Waals surface area contributed by atoms with Crippen molar-refractivity contribution in [2.45, 2.75) is 26.4 Å². The van der Waals surface area contributed by atoms with Crippen LogP contribution in [-0.2, 0) is 6.54 Å². The lowest BCUT2D eigenvalue weighted by Gasteiger charge is -2.25. The van der Waals surface area contributed by atoms with Gasteiger partial charge in [-0.25, -0.2) is 0 Å². The van der Waals surface area contributed by atoms with Crippen LogP contribution in [0.5, 0.6) is 0 Å². The molecular weight excluding hydrogens is 410 g/mol. The molecule has 2 heterocycles. The molecule has 1 aliphatic heterocycles. The number of rotatable bonds is 3. The second-order valence-corrected chi connectivity index (χ2v) is 8.41. The highest BCUT2D eigenvalue weighted by Gasteiger charge is 2.42. The molecule has 154 valence electrons. The number of hydrogen-bond acceptors (Lipinski definition) is 3. The molecule has 0 radical (unpaired) electrons. The van der Waals surface area contributed by atoms with Gasteiger partial charge in [-0.05, 0) is 42.7 Å². The van der Waals surface area contributed by atoms with Crippen molar-refractivity contribution in [3.63, 3.8) is 0 Å². The number of nitrogens with zero attached hydrogens (tertiary/aromatic N) is 1. The summed E-state index contributed by atoms with van der Waals surface area (Å²) < 4.78 is 6.02. The first-order chi connectivity index (χ1) is 14.9. The van der Waals surface area contributed by atoms with Gasteiger partial charge in [0.1, 0.15) is 5.58 Å². The summed E-state index contributed by atoms with van der Waals surface area (Å²) in [5.74, 6) is -0.170. The number of carbonyl (C=O) groups is 1. The number of amides is 1. The summed E-state index contributed by atoms with van der Waals surface area (Å²) >= 11 is 6.28. The van der Waals surface area contributed by atoms with E-state index in [1.807, 2.05) is 68.4 Å². The zero-order valence-corrected chi connectivity index (χ0v) is 17.9. The highest BCUT2D eigenvalue weighted by molar-refractivity contribution is 6.32. The molecule has 3 aromatic carbocycles. The summed E-state index contributed by atoms with van der Waals surface area (Å²) in [6.45, 7) is 4.24. The fourth-order valence-electron chi connectivity index (χ4n) is 4.18. The monoisotopic (exact) mass is 429 g/mol. The van der Waals surface area contributed by atoms with Crippen molar-refractivity contribution in [2.75, 3.05) is 0 Å². The van der Waals surface area contributed by atoms with Crippen LogP contribution >= 0.6 is 11.6 Å². The molecule has 1 amide bonds. The van der Waals surface area contributed by atoms with Crippen LogP contribution in [0.1, 0.15) is 44.4 Å². The molecule has 0 bridgehead atoms. The Morgan fingerprint density at radius 1 is 0.968 bits per heavy atom. The molecular formula is C26H20ClNO3. The van der Waals surface area contributed by atoms with E-state index in [1.54, 1.807) is 17.0 Å². The van der Waals surface area contributed by atoms with E-state index in [9.17, 15) is 9.59 Å². The van der Waals surface area contributed by atoms with Crippen molar-refractivity contribution in [3.8, 4) is 0 Å². The van der Waals surface area contributed by atoms with Crippen molar-refractivity contribution >= 4 is 28.5 Å². The van der Waals surface area contributed by atoms with Crippen molar-refractivity contribution in [1.82, 2.24) is 4.90 Å². The zero-order valence-electron chi connectivity index (χ0n) is 17.2. The summed E-state index contributed by atoms with van der Waals surface area (Å²) in [6, 6.07) is 20.5. The first-order valence-electron chi connectivity index (χ1n) is 10.1. The van der Waals surface area contributed by atoms with E-state index < -0.39 is 6.04 Å². The van der Waals surface area contributed by atoms with Crippen LogP contribution in [0.15, 0.2) is 75.9 Å². The van der Waals surface area contributed by atoms with Crippen LogP contribution in [0.4, 0.5) is 0 Å². The molecule has 1 aliphatic rings. The first-order valence-corrected chi connectivity index (χ1v) is 10.5. The maximum Gasteiger partial charge on any atom is 0.291 e. The molecule has 1 aromatic heterocycles. The summed E-state index contributed by atoms with van der Waals surface area (Å²) in [5.41, 5.74) is 4.33. The van der Waals surface area contributed by atoms with Gasteiger partial charge in [0.05, 0.1) is 17.0 Å². The molecule has 1 unspecified atom stereocenters. The number of fused-ring (bicyclic) bond motifs is 2. The minimum atomic E-state index is -0.522. The number of benzene rings is 3. The van der Waals surface area contributed by atoms with Gasteiger partial charge in [-0.1, -0.05) is 71.8 Å². The Balaban J connectivity index is 1.73. The summed E-state index contributed by atoms with van der Waals surface area (Å²) in [6.07, 6.45) is 0. The molecule has 0 saturated carbocycles. The van der Waals surface area contributed by atoms with Gasteiger partial charge in [0.15, 0.2) is 5.43 Å². The molecule has 0 saturated heterocycles. The Bertz CT molecular complexity index is 1370. The Labute approximate surface area is 184 Å². The Hall–Kier alpha value is -3.37. The topological polar surface area (TPSA) is 50.5 Å². The highest BCUT2D eigenvalue weighted by atomic mass is 35.5. The molecule has 5 heteroatoms. The number of carbonyl (C=O) groups excluding carboxylic acids is 1. The lowest BCUT2D eigenvalue weighted by Crippen LogP contribution is -2.29.